The Balaban J connectivity index is 2.78. The molecular weight excluding hydrogens is 260 g/mol. The molecule has 1 N–H and O–H groups in total. The maximum Gasteiger partial charge on any atom is 0.307 e. The van der Waals surface area contributed by atoms with Crippen LogP contribution < -0.4 is 0 Å². The van der Waals surface area contributed by atoms with Crippen molar-refractivity contribution in [2.75, 3.05) is 0 Å². The van der Waals surface area contributed by atoms with Crippen LogP contribution in [0, 0.1) is 0 Å². The molecule has 0 radical (unpaired) electrons. The lowest BCUT2D eigenvalue weighted by Crippen LogP contribution is -2.00. The Morgan fingerprint density at radius 1 is 1.47 bits per heavy atom. The van der Waals surface area contributed by atoms with Crippen LogP contribution in [-0.2, 0) is 22.4 Å². The van der Waals surface area contributed by atoms with Gasteiger partial charge in [0.2, 0.25) is 0 Å². The normalized spacial score (nSPS) is 9.93. The van der Waals surface area contributed by atoms with E-state index in [2.05, 4.69) is 15.9 Å². The number of hydrogen-bond donors (Lipinski definition) is 1. The summed E-state index contributed by atoms with van der Waals surface area (Å²) in [5.74, 6) is -0.845. The summed E-state index contributed by atoms with van der Waals surface area (Å²) in [7, 11) is 0. The molecular formula is C11H11BrO3. The van der Waals surface area contributed by atoms with Crippen molar-refractivity contribution >= 4 is 28.2 Å². The number of aryl methyl sites for hydroxylation is 1. The smallest absolute Gasteiger partial charge is 0.307 e. The van der Waals surface area contributed by atoms with Crippen LogP contribution >= 0.6 is 15.9 Å². The van der Waals surface area contributed by atoms with Crippen molar-refractivity contribution in [2.24, 2.45) is 0 Å². The lowest BCUT2D eigenvalue weighted by molar-refractivity contribution is -0.136. The van der Waals surface area contributed by atoms with Crippen molar-refractivity contribution in [1.29, 1.82) is 0 Å². The summed E-state index contributed by atoms with van der Waals surface area (Å²) in [5, 5.41) is 8.61. The van der Waals surface area contributed by atoms with Gasteiger partial charge in [-0.15, -0.1) is 0 Å². The minimum Gasteiger partial charge on any atom is -0.481 e. The van der Waals surface area contributed by atoms with Gasteiger partial charge in [-0.25, -0.2) is 0 Å². The Kier molecular flexibility index (Phi) is 4.49. The number of aldehydes is 1. The van der Waals surface area contributed by atoms with Crippen LogP contribution in [0.1, 0.15) is 17.5 Å². The molecule has 1 aromatic rings. The van der Waals surface area contributed by atoms with Gasteiger partial charge in [0.15, 0.2) is 0 Å². The summed E-state index contributed by atoms with van der Waals surface area (Å²) in [4.78, 5) is 20.7. The summed E-state index contributed by atoms with van der Waals surface area (Å²) in [6.45, 7) is 0. The molecule has 0 amide bonds. The Bertz CT molecular complexity index is 374. The molecule has 0 atom stereocenters. The monoisotopic (exact) mass is 270 g/mol. The number of rotatable bonds is 5. The fraction of sp³-hybridized carbons (Fsp3) is 0.273. The lowest BCUT2D eigenvalue weighted by atomic mass is 10.1. The van der Waals surface area contributed by atoms with E-state index in [1.807, 2.05) is 6.07 Å². The second-order valence-corrected chi connectivity index (χ2v) is 4.06. The van der Waals surface area contributed by atoms with E-state index in [1.165, 1.54) is 0 Å². The first-order valence-corrected chi connectivity index (χ1v) is 5.35. The highest BCUT2D eigenvalue weighted by Crippen LogP contribution is 2.20. The van der Waals surface area contributed by atoms with Gasteiger partial charge in [-0.1, -0.05) is 28.1 Å². The van der Waals surface area contributed by atoms with Crippen molar-refractivity contribution in [3.05, 3.63) is 33.8 Å². The molecule has 0 saturated carbocycles. The highest BCUT2D eigenvalue weighted by atomic mass is 79.9. The van der Waals surface area contributed by atoms with E-state index in [0.29, 0.717) is 12.8 Å². The highest BCUT2D eigenvalue weighted by molar-refractivity contribution is 9.10. The molecule has 1 rings (SSSR count). The van der Waals surface area contributed by atoms with Crippen molar-refractivity contribution in [1.82, 2.24) is 0 Å². The fourth-order valence-corrected chi connectivity index (χ4v) is 1.92. The van der Waals surface area contributed by atoms with E-state index in [1.54, 1.807) is 12.1 Å². The summed E-state index contributed by atoms with van der Waals surface area (Å²) in [5.41, 5.74) is 1.78. The van der Waals surface area contributed by atoms with Gasteiger partial charge in [0.1, 0.15) is 6.29 Å². The Labute approximate surface area is 96.2 Å². The fourth-order valence-electron chi connectivity index (χ4n) is 1.29. The van der Waals surface area contributed by atoms with Crippen molar-refractivity contribution in [2.45, 2.75) is 19.3 Å². The van der Waals surface area contributed by atoms with E-state index in [9.17, 15) is 9.59 Å². The number of carbonyl (C=O) groups is 2. The number of hydrogen-bond acceptors (Lipinski definition) is 2. The summed E-state index contributed by atoms with van der Waals surface area (Å²) in [6.07, 6.45) is 2.05. The van der Waals surface area contributed by atoms with Crippen molar-refractivity contribution in [3.63, 3.8) is 0 Å². The molecule has 0 aliphatic heterocycles. The molecule has 0 fully saturated rings. The largest absolute Gasteiger partial charge is 0.481 e. The summed E-state index contributed by atoms with van der Waals surface area (Å²) < 4.78 is 0.864. The molecule has 1 aromatic carbocycles. The van der Waals surface area contributed by atoms with E-state index >= 15 is 0 Å². The maximum atomic E-state index is 10.5. The van der Waals surface area contributed by atoms with Crippen LogP contribution in [-0.4, -0.2) is 17.4 Å². The van der Waals surface area contributed by atoms with Gasteiger partial charge in [0.25, 0.3) is 0 Å². The van der Waals surface area contributed by atoms with Crippen LogP contribution in [0.15, 0.2) is 22.7 Å². The first kappa shape index (κ1) is 11.9. The minimum absolute atomic E-state index is 0.0204. The van der Waals surface area contributed by atoms with Gasteiger partial charge < -0.3 is 9.90 Å². The second kappa shape index (κ2) is 5.66. The minimum atomic E-state index is -0.845. The van der Waals surface area contributed by atoms with Gasteiger partial charge in [-0.3, -0.25) is 4.79 Å². The van der Waals surface area contributed by atoms with Crippen molar-refractivity contribution in [3.8, 4) is 0 Å². The predicted octanol–water partition coefficient (Wildman–Crippen LogP) is 2.21. The molecule has 0 spiro atoms. The molecule has 0 aliphatic rings. The average Bonchev–Trinajstić information content (AvgIpc) is 2.15. The zero-order valence-corrected chi connectivity index (χ0v) is 9.66. The first-order valence-electron chi connectivity index (χ1n) is 4.56. The number of carboxylic acids is 1. The number of halogens is 1. The SMILES string of the molecule is O=CCCc1ccc(CC(=O)O)cc1Br. The van der Waals surface area contributed by atoms with Gasteiger partial charge in [-0.05, 0) is 23.6 Å². The highest BCUT2D eigenvalue weighted by Gasteiger charge is 2.04. The van der Waals surface area contributed by atoms with Gasteiger partial charge in [0, 0.05) is 10.9 Å². The molecule has 3 nitrogen and oxygen atoms in total. The molecule has 0 saturated heterocycles. The van der Waals surface area contributed by atoms with Crippen LogP contribution in [0.2, 0.25) is 0 Å². The quantitative estimate of drug-likeness (QED) is 0.835. The third kappa shape index (κ3) is 3.83. The Morgan fingerprint density at radius 2 is 2.20 bits per heavy atom. The van der Waals surface area contributed by atoms with Crippen LogP contribution in [0.4, 0.5) is 0 Å². The zero-order valence-electron chi connectivity index (χ0n) is 8.07. The average molecular weight is 271 g/mol. The number of benzene rings is 1. The van der Waals surface area contributed by atoms with Gasteiger partial charge in [0.05, 0.1) is 6.42 Å². The number of carbonyl (C=O) groups excluding carboxylic acids is 1. The lowest BCUT2D eigenvalue weighted by Gasteiger charge is -2.04. The van der Waals surface area contributed by atoms with Crippen LogP contribution in [0.3, 0.4) is 0 Å². The maximum absolute atomic E-state index is 10.5. The van der Waals surface area contributed by atoms with E-state index in [4.69, 9.17) is 5.11 Å². The summed E-state index contributed by atoms with van der Waals surface area (Å²) >= 11 is 3.36. The molecule has 0 aliphatic carbocycles. The van der Waals surface area contributed by atoms with Crippen molar-refractivity contribution < 1.29 is 14.7 Å². The molecule has 80 valence electrons. The summed E-state index contributed by atoms with van der Waals surface area (Å²) in [6, 6.07) is 5.42. The first-order chi connectivity index (χ1) is 7.13. The molecule has 0 unspecified atom stereocenters. The third-order valence-electron chi connectivity index (χ3n) is 2.00. The number of aliphatic carboxylic acids is 1. The van der Waals surface area contributed by atoms with E-state index in [0.717, 1.165) is 21.9 Å². The van der Waals surface area contributed by atoms with Crippen LogP contribution in [0.5, 0.6) is 0 Å². The third-order valence-corrected chi connectivity index (χ3v) is 2.74. The van der Waals surface area contributed by atoms with Gasteiger partial charge >= 0.3 is 5.97 Å². The molecule has 4 heteroatoms. The molecule has 0 aromatic heterocycles. The van der Waals surface area contributed by atoms with Gasteiger partial charge in [-0.2, -0.15) is 0 Å². The molecule has 15 heavy (non-hydrogen) atoms. The zero-order chi connectivity index (χ0) is 11.3. The standard InChI is InChI=1S/C11H11BrO3/c12-10-6-8(7-11(14)15)3-4-9(10)2-1-5-13/h3-6H,1-2,7H2,(H,14,15). The topological polar surface area (TPSA) is 54.4 Å². The Hall–Kier alpha value is -1.16. The van der Waals surface area contributed by atoms with E-state index in [-0.39, 0.29) is 6.42 Å². The Morgan fingerprint density at radius 3 is 2.73 bits per heavy atom. The number of carboxylic acid groups (broad SMARTS) is 1. The molecule has 0 bridgehead atoms. The second-order valence-electron chi connectivity index (χ2n) is 3.20. The van der Waals surface area contributed by atoms with E-state index < -0.39 is 5.97 Å². The molecule has 0 heterocycles. The van der Waals surface area contributed by atoms with Crippen LogP contribution in [0.25, 0.3) is 0 Å². The predicted molar refractivity (Wildman–Crippen MR) is 59.9 cm³/mol.